The molecule has 3 N–H and O–H groups in total. The lowest BCUT2D eigenvalue weighted by Crippen LogP contribution is -2.45. The van der Waals surface area contributed by atoms with Crippen molar-refractivity contribution in [2.75, 3.05) is 12.9 Å². The van der Waals surface area contributed by atoms with Crippen molar-refractivity contribution in [3.05, 3.63) is 59.7 Å². The molecule has 0 radical (unpaired) electrons. The second-order valence-electron chi connectivity index (χ2n) is 5.84. The smallest absolute Gasteiger partial charge is 0.347 e. The molecule has 0 aromatic heterocycles. The Hall–Kier alpha value is -3.33. The van der Waals surface area contributed by atoms with E-state index in [1.54, 1.807) is 36.4 Å². The Morgan fingerprint density at radius 3 is 2.17 bits per heavy atom. The number of rotatable bonds is 8. The van der Waals surface area contributed by atoms with Gasteiger partial charge in [-0.3, -0.25) is 14.4 Å². The lowest BCUT2D eigenvalue weighted by Gasteiger charge is -2.14. The van der Waals surface area contributed by atoms with Gasteiger partial charge in [-0.25, -0.2) is 4.79 Å². The lowest BCUT2D eigenvalue weighted by molar-refractivity contribution is -0.125. The number of methoxy groups -OCH3 is 1. The van der Waals surface area contributed by atoms with Gasteiger partial charge in [0, 0.05) is 12.7 Å². The summed E-state index contributed by atoms with van der Waals surface area (Å²) in [5.74, 6) is -1.51. The second kappa shape index (κ2) is 10.3. The lowest BCUT2D eigenvalue weighted by atomic mass is 10.2. The van der Waals surface area contributed by atoms with Crippen molar-refractivity contribution < 1.29 is 28.7 Å². The van der Waals surface area contributed by atoms with Crippen LogP contribution in [0.4, 0.5) is 0 Å². The third-order valence-electron chi connectivity index (χ3n) is 3.74. The van der Waals surface area contributed by atoms with Gasteiger partial charge in [-0.2, -0.15) is 0 Å². The van der Waals surface area contributed by atoms with Crippen molar-refractivity contribution in [3.8, 4) is 11.5 Å². The average Bonchev–Trinajstić information content (AvgIpc) is 2.70. The molecule has 2 rings (SSSR count). The molecule has 8 nitrogen and oxygen atoms in total. The van der Waals surface area contributed by atoms with E-state index >= 15 is 0 Å². The molecule has 0 aliphatic carbocycles. The van der Waals surface area contributed by atoms with Crippen molar-refractivity contribution >= 4 is 34.7 Å². The van der Waals surface area contributed by atoms with E-state index in [2.05, 4.69) is 5.32 Å². The Kier molecular flexibility index (Phi) is 7.79. The summed E-state index contributed by atoms with van der Waals surface area (Å²) in [6, 6.07) is 11.8. The van der Waals surface area contributed by atoms with Crippen molar-refractivity contribution in [1.82, 2.24) is 5.32 Å². The zero-order valence-electron chi connectivity index (χ0n) is 15.8. The van der Waals surface area contributed by atoms with E-state index < -0.39 is 28.9 Å². The van der Waals surface area contributed by atoms with E-state index in [0.717, 1.165) is 11.8 Å². The highest BCUT2D eigenvalue weighted by molar-refractivity contribution is 8.14. The maximum Gasteiger partial charge on any atom is 0.347 e. The van der Waals surface area contributed by atoms with Crippen LogP contribution in [0, 0.1) is 0 Å². The second-order valence-corrected chi connectivity index (χ2v) is 6.83. The molecule has 0 fully saturated rings. The summed E-state index contributed by atoms with van der Waals surface area (Å²) in [5, 5.41) is 1.94. The van der Waals surface area contributed by atoms with Gasteiger partial charge in [-0.1, -0.05) is 36.0 Å². The highest BCUT2D eigenvalue weighted by Gasteiger charge is 2.22. The summed E-state index contributed by atoms with van der Waals surface area (Å²) >= 11 is 0.782. The first-order valence-electron chi connectivity index (χ1n) is 8.51. The first-order chi connectivity index (χ1) is 13.8. The molecule has 1 unspecified atom stereocenters. The molecule has 1 atom stereocenters. The van der Waals surface area contributed by atoms with Crippen LogP contribution in [0.3, 0.4) is 0 Å². The van der Waals surface area contributed by atoms with Gasteiger partial charge in [0.15, 0.2) is 0 Å². The van der Waals surface area contributed by atoms with E-state index in [1.807, 2.05) is 0 Å². The molecule has 9 heteroatoms. The fourth-order valence-electron chi connectivity index (χ4n) is 2.37. The molecule has 2 aromatic rings. The molecular formula is C20H20N2O6S. The van der Waals surface area contributed by atoms with Gasteiger partial charge in [0.25, 0.3) is 0 Å². The summed E-state index contributed by atoms with van der Waals surface area (Å²) in [7, 11) is 1.43. The van der Waals surface area contributed by atoms with Crippen LogP contribution in [0.5, 0.6) is 11.5 Å². The third kappa shape index (κ3) is 6.08. The van der Waals surface area contributed by atoms with Crippen LogP contribution < -0.4 is 20.5 Å². The van der Waals surface area contributed by atoms with Crippen LogP contribution >= 0.6 is 11.8 Å². The summed E-state index contributed by atoms with van der Waals surface area (Å²) in [6.45, 7) is 1.25. The van der Waals surface area contributed by atoms with E-state index in [4.69, 9.17) is 15.2 Å². The minimum atomic E-state index is -0.996. The Labute approximate surface area is 171 Å². The molecule has 29 heavy (non-hydrogen) atoms. The number of amides is 2. The van der Waals surface area contributed by atoms with Gasteiger partial charge < -0.3 is 20.5 Å². The SMILES string of the molecule is COc1ccccc1C(=O)Oc1ccccc1C(=O)SCC(NC(C)=O)C(N)=O. The van der Waals surface area contributed by atoms with Crippen LogP contribution in [0.25, 0.3) is 0 Å². The number of carbonyl (C=O) groups excluding carboxylic acids is 4. The summed E-state index contributed by atoms with van der Waals surface area (Å²) in [5.41, 5.74) is 5.60. The van der Waals surface area contributed by atoms with Crippen LogP contribution in [0.15, 0.2) is 48.5 Å². The standard InChI is InChI=1S/C20H20N2O6S/c1-12(23)22-15(18(21)24)11-29-20(26)14-8-4-6-10-17(14)28-19(25)13-7-3-5-9-16(13)27-2/h3-10,15H,11H2,1-2H3,(H2,21,24)(H,22,23). The van der Waals surface area contributed by atoms with Crippen LogP contribution in [-0.2, 0) is 9.59 Å². The number of hydrogen-bond acceptors (Lipinski definition) is 7. The molecule has 152 valence electrons. The zero-order valence-corrected chi connectivity index (χ0v) is 16.7. The average molecular weight is 416 g/mol. The van der Waals surface area contributed by atoms with Crippen molar-refractivity contribution in [2.24, 2.45) is 5.73 Å². The molecule has 0 bridgehead atoms. The third-order valence-corrected chi connectivity index (χ3v) is 4.72. The first kappa shape index (κ1) is 22.0. The number of esters is 1. The predicted octanol–water partition coefficient (Wildman–Crippen LogP) is 1.78. The van der Waals surface area contributed by atoms with Gasteiger partial charge in [-0.05, 0) is 24.3 Å². The topological polar surface area (TPSA) is 125 Å². The van der Waals surface area contributed by atoms with Gasteiger partial charge in [0.1, 0.15) is 23.1 Å². The van der Waals surface area contributed by atoms with Crippen LogP contribution in [0.1, 0.15) is 27.6 Å². The maximum absolute atomic E-state index is 12.6. The molecule has 0 saturated heterocycles. The molecule has 0 saturated carbocycles. The molecule has 0 spiro atoms. The summed E-state index contributed by atoms with van der Waals surface area (Å²) < 4.78 is 10.6. The number of nitrogens with one attached hydrogen (secondary N) is 1. The number of nitrogens with two attached hydrogens (primary N) is 1. The van der Waals surface area contributed by atoms with Crippen molar-refractivity contribution in [3.63, 3.8) is 0 Å². The van der Waals surface area contributed by atoms with Crippen LogP contribution in [-0.4, -0.2) is 41.8 Å². The van der Waals surface area contributed by atoms with E-state index in [0.29, 0.717) is 5.75 Å². The molecular weight excluding hydrogens is 396 g/mol. The zero-order chi connectivity index (χ0) is 21.4. The fraction of sp³-hybridized carbons (Fsp3) is 0.200. The molecule has 0 heterocycles. The first-order valence-corrected chi connectivity index (χ1v) is 9.49. The van der Waals surface area contributed by atoms with E-state index in [-0.39, 0.29) is 22.6 Å². The van der Waals surface area contributed by atoms with Crippen molar-refractivity contribution in [2.45, 2.75) is 13.0 Å². The summed E-state index contributed by atoms with van der Waals surface area (Å²) in [4.78, 5) is 47.7. The Bertz CT molecular complexity index is 931. The van der Waals surface area contributed by atoms with Gasteiger partial charge in [-0.15, -0.1) is 0 Å². The van der Waals surface area contributed by atoms with Gasteiger partial charge in [0.05, 0.1) is 12.7 Å². The van der Waals surface area contributed by atoms with Crippen molar-refractivity contribution in [1.29, 1.82) is 0 Å². The Morgan fingerprint density at radius 1 is 1.00 bits per heavy atom. The molecule has 2 amide bonds. The maximum atomic E-state index is 12.6. The number of carbonyl (C=O) groups is 4. The predicted molar refractivity (Wildman–Crippen MR) is 108 cm³/mol. The molecule has 0 aliphatic rings. The number of primary amides is 1. The number of ether oxygens (including phenoxy) is 2. The van der Waals surface area contributed by atoms with Gasteiger partial charge >= 0.3 is 5.97 Å². The minimum absolute atomic E-state index is 0.0530. The number of thioether (sulfide) groups is 1. The van der Waals surface area contributed by atoms with E-state index in [9.17, 15) is 19.2 Å². The largest absolute Gasteiger partial charge is 0.496 e. The van der Waals surface area contributed by atoms with E-state index in [1.165, 1.54) is 26.2 Å². The highest BCUT2D eigenvalue weighted by atomic mass is 32.2. The Morgan fingerprint density at radius 2 is 1.59 bits per heavy atom. The monoisotopic (exact) mass is 416 g/mol. The highest BCUT2D eigenvalue weighted by Crippen LogP contribution is 2.26. The fourth-order valence-corrected chi connectivity index (χ4v) is 3.26. The Balaban J connectivity index is 2.15. The number of benzene rings is 2. The minimum Gasteiger partial charge on any atom is -0.496 e. The number of hydrogen-bond donors (Lipinski definition) is 2. The molecule has 0 aliphatic heterocycles. The molecule has 2 aromatic carbocycles. The van der Waals surface area contributed by atoms with Crippen LogP contribution in [0.2, 0.25) is 0 Å². The summed E-state index contributed by atoms with van der Waals surface area (Å²) in [6.07, 6.45) is 0. The quantitative estimate of drug-likeness (QED) is 0.496. The normalized spacial score (nSPS) is 11.2. The van der Waals surface area contributed by atoms with Gasteiger partial charge in [0.2, 0.25) is 16.9 Å². The number of para-hydroxylation sites is 2.